The lowest BCUT2D eigenvalue weighted by Crippen LogP contribution is -2.45. The Labute approximate surface area is 209 Å². The van der Waals surface area contributed by atoms with Gasteiger partial charge in [-0.3, -0.25) is 18.7 Å². The Bertz CT molecular complexity index is 1430. The largest absolute Gasteiger partial charge is 0.459 e. The van der Waals surface area contributed by atoms with Gasteiger partial charge in [-0.25, -0.2) is 9.78 Å². The standard InChI is InChI=1S/C27H32N5O4/c1-29-24-23(25(33)30(2)27(29)35)31(19-28-24)15-16-32(3,4)17-18-36-26(34)22(20-11-7-5-8-12-20)21-13-9-6-10-14-21/h5-14,19,22H,15-18H2,1-4H3/q+1. The van der Waals surface area contributed by atoms with Crippen molar-refractivity contribution in [3.8, 4) is 0 Å². The molecule has 0 saturated carbocycles. The fourth-order valence-electron chi connectivity index (χ4n) is 4.29. The summed E-state index contributed by atoms with van der Waals surface area (Å²) in [5.41, 5.74) is 1.79. The Morgan fingerprint density at radius 3 is 2.08 bits per heavy atom. The molecule has 9 nitrogen and oxygen atoms in total. The zero-order chi connectivity index (χ0) is 25.9. The highest BCUT2D eigenvalue weighted by Gasteiger charge is 2.25. The van der Waals surface area contributed by atoms with Crippen molar-refractivity contribution in [3.63, 3.8) is 0 Å². The zero-order valence-corrected chi connectivity index (χ0v) is 21.1. The van der Waals surface area contributed by atoms with Crippen LogP contribution in [-0.2, 0) is 30.2 Å². The average Bonchev–Trinajstić information content (AvgIpc) is 3.31. The van der Waals surface area contributed by atoms with Crippen molar-refractivity contribution >= 4 is 17.1 Å². The van der Waals surface area contributed by atoms with Gasteiger partial charge in [0, 0.05) is 14.1 Å². The van der Waals surface area contributed by atoms with Gasteiger partial charge in [0.1, 0.15) is 19.1 Å². The van der Waals surface area contributed by atoms with Crippen molar-refractivity contribution in [2.75, 3.05) is 33.8 Å². The van der Waals surface area contributed by atoms with Crippen molar-refractivity contribution in [2.24, 2.45) is 14.1 Å². The molecule has 0 spiro atoms. The van der Waals surface area contributed by atoms with E-state index in [9.17, 15) is 14.4 Å². The maximum Gasteiger partial charge on any atom is 0.332 e. The number of nitrogens with zero attached hydrogens (tertiary/aromatic N) is 5. The number of benzene rings is 2. The maximum absolute atomic E-state index is 13.1. The van der Waals surface area contributed by atoms with Crippen molar-refractivity contribution in [1.82, 2.24) is 18.7 Å². The molecule has 0 aliphatic heterocycles. The van der Waals surface area contributed by atoms with Crippen molar-refractivity contribution in [2.45, 2.75) is 12.5 Å². The second-order valence-corrected chi connectivity index (χ2v) is 9.62. The summed E-state index contributed by atoms with van der Waals surface area (Å²) in [4.78, 5) is 42.3. The first kappa shape index (κ1) is 25.1. The summed E-state index contributed by atoms with van der Waals surface area (Å²) in [6.45, 7) is 2.07. The van der Waals surface area contributed by atoms with Gasteiger partial charge >= 0.3 is 11.7 Å². The summed E-state index contributed by atoms with van der Waals surface area (Å²) in [5, 5.41) is 0. The monoisotopic (exact) mass is 490 g/mol. The van der Waals surface area contributed by atoms with Crippen LogP contribution in [0.5, 0.6) is 0 Å². The van der Waals surface area contributed by atoms with E-state index in [0.29, 0.717) is 35.3 Å². The molecule has 9 heteroatoms. The van der Waals surface area contributed by atoms with E-state index >= 15 is 0 Å². The number of likely N-dealkylation sites (N-methyl/N-ethyl adjacent to an activating group) is 1. The van der Waals surface area contributed by atoms with Crippen LogP contribution in [0.3, 0.4) is 0 Å². The third-order valence-corrected chi connectivity index (χ3v) is 6.61. The molecule has 0 aliphatic carbocycles. The molecule has 0 atom stereocenters. The SMILES string of the molecule is Cn1c(=O)c2c(ncn2CC[N+](C)(C)CCOC(=O)C(c2ccccc2)c2ccccc2)n(C)c1=O. The first-order chi connectivity index (χ1) is 17.2. The molecule has 0 saturated heterocycles. The molecule has 2 aromatic carbocycles. The number of rotatable bonds is 9. The van der Waals surface area contributed by atoms with E-state index in [4.69, 9.17) is 4.74 Å². The lowest BCUT2D eigenvalue weighted by molar-refractivity contribution is -0.891. The highest BCUT2D eigenvalue weighted by Crippen LogP contribution is 2.26. The summed E-state index contributed by atoms with van der Waals surface area (Å²) in [6.07, 6.45) is 1.59. The van der Waals surface area contributed by atoms with Crippen LogP contribution in [0.15, 0.2) is 76.6 Å². The fourth-order valence-corrected chi connectivity index (χ4v) is 4.29. The second-order valence-electron chi connectivity index (χ2n) is 9.62. The van der Waals surface area contributed by atoms with Crippen LogP contribution in [0.25, 0.3) is 11.2 Å². The number of carbonyl (C=O) groups excluding carboxylic acids is 1. The predicted molar refractivity (Wildman–Crippen MR) is 138 cm³/mol. The van der Waals surface area contributed by atoms with Crippen molar-refractivity contribution in [3.05, 3.63) is 99.0 Å². The number of esters is 1. The quantitative estimate of drug-likeness (QED) is 0.264. The molecule has 36 heavy (non-hydrogen) atoms. The molecule has 2 heterocycles. The van der Waals surface area contributed by atoms with E-state index in [0.717, 1.165) is 15.7 Å². The van der Waals surface area contributed by atoms with Crippen molar-refractivity contribution < 1.29 is 14.0 Å². The number of carbonyl (C=O) groups is 1. The minimum atomic E-state index is -0.483. The van der Waals surface area contributed by atoms with Crippen LogP contribution in [0.2, 0.25) is 0 Å². The number of quaternary nitrogens is 1. The van der Waals surface area contributed by atoms with Gasteiger partial charge in [0.2, 0.25) is 0 Å². The number of hydrogen-bond acceptors (Lipinski definition) is 5. The highest BCUT2D eigenvalue weighted by atomic mass is 16.5. The van der Waals surface area contributed by atoms with Gasteiger partial charge in [0.25, 0.3) is 5.56 Å². The normalized spacial score (nSPS) is 11.8. The maximum atomic E-state index is 13.1. The van der Waals surface area contributed by atoms with E-state index in [1.54, 1.807) is 17.9 Å². The molecule has 0 fully saturated rings. The minimum Gasteiger partial charge on any atom is -0.459 e. The Morgan fingerprint density at radius 2 is 1.50 bits per heavy atom. The number of aromatic nitrogens is 4. The minimum absolute atomic E-state index is 0.267. The van der Waals surface area contributed by atoms with Gasteiger partial charge in [0.05, 0.1) is 33.5 Å². The van der Waals surface area contributed by atoms with Gasteiger partial charge in [-0.2, -0.15) is 0 Å². The first-order valence-corrected chi connectivity index (χ1v) is 11.9. The molecule has 2 aromatic heterocycles. The number of imidazole rings is 1. The second kappa shape index (κ2) is 10.3. The fraction of sp³-hybridized carbons (Fsp3) is 0.333. The average molecular weight is 491 g/mol. The van der Waals surface area contributed by atoms with E-state index in [1.165, 1.54) is 11.6 Å². The predicted octanol–water partition coefficient (Wildman–Crippen LogP) is 1.89. The summed E-state index contributed by atoms with van der Waals surface area (Å²) in [5.74, 6) is -0.763. The summed E-state index contributed by atoms with van der Waals surface area (Å²) in [7, 11) is 7.17. The van der Waals surface area contributed by atoms with Crippen LogP contribution >= 0.6 is 0 Å². The topological polar surface area (TPSA) is 88.1 Å². The number of hydrogen-bond donors (Lipinski definition) is 0. The van der Waals surface area contributed by atoms with Gasteiger partial charge in [-0.1, -0.05) is 60.7 Å². The van der Waals surface area contributed by atoms with E-state index in [1.807, 2.05) is 74.8 Å². The zero-order valence-electron chi connectivity index (χ0n) is 21.1. The molecule has 0 unspecified atom stereocenters. The van der Waals surface area contributed by atoms with Crippen LogP contribution in [0, 0.1) is 0 Å². The van der Waals surface area contributed by atoms with E-state index in [2.05, 4.69) is 4.98 Å². The lowest BCUT2D eigenvalue weighted by Gasteiger charge is -2.30. The molecule has 188 valence electrons. The number of ether oxygens (including phenoxy) is 1. The third-order valence-electron chi connectivity index (χ3n) is 6.61. The molecule has 4 aromatic rings. The number of fused-ring (bicyclic) bond motifs is 1. The summed E-state index contributed by atoms with van der Waals surface area (Å²) in [6, 6.07) is 19.3. The van der Waals surface area contributed by atoms with Gasteiger partial charge in [0.15, 0.2) is 11.2 Å². The summed E-state index contributed by atoms with van der Waals surface area (Å²) < 4.78 is 10.6. The van der Waals surface area contributed by atoms with Crippen LogP contribution < -0.4 is 11.2 Å². The Balaban J connectivity index is 1.41. The Kier molecular flexibility index (Phi) is 7.21. The van der Waals surface area contributed by atoms with Crippen LogP contribution in [0.1, 0.15) is 17.0 Å². The first-order valence-electron chi connectivity index (χ1n) is 11.9. The molecule has 0 N–H and O–H groups in total. The molecule has 0 amide bonds. The highest BCUT2D eigenvalue weighted by molar-refractivity contribution is 5.82. The molecular weight excluding hydrogens is 458 g/mol. The lowest BCUT2D eigenvalue weighted by atomic mass is 9.91. The van der Waals surface area contributed by atoms with Crippen LogP contribution in [-0.4, -0.2) is 62.9 Å². The van der Waals surface area contributed by atoms with Crippen LogP contribution in [0.4, 0.5) is 0 Å². The smallest absolute Gasteiger partial charge is 0.332 e. The third kappa shape index (κ3) is 5.16. The molecule has 4 rings (SSSR count). The summed E-state index contributed by atoms with van der Waals surface area (Å²) >= 11 is 0. The molecule has 0 aliphatic rings. The Morgan fingerprint density at radius 1 is 0.917 bits per heavy atom. The molecule has 0 radical (unpaired) electrons. The van der Waals surface area contributed by atoms with Gasteiger partial charge < -0.3 is 13.8 Å². The molecule has 0 bridgehead atoms. The van der Waals surface area contributed by atoms with E-state index in [-0.39, 0.29) is 18.1 Å². The number of aryl methyl sites for hydroxylation is 1. The van der Waals surface area contributed by atoms with Gasteiger partial charge in [-0.05, 0) is 11.1 Å². The van der Waals surface area contributed by atoms with Crippen molar-refractivity contribution in [1.29, 1.82) is 0 Å². The molecular formula is C27H32N5O4+. The van der Waals surface area contributed by atoms with E-state index < -0.39 is 11.6 Å². The Hall–Kier alpha value is -3.98. The van der Waals surface area contributed by atoms with Gasteiger partial charge in [-0.15, -0.1) is 0 Å².